The molecule has 0 amide bonds. The molecule has 0 fully saturated rings. The third kappa shape index (κ3) is 4.36. The summed E-state index contributed by atoms with van der Waals surface area (Å²) in [6, 6.07) is 11.4. The number of ether oxygens (including phenoxy) is 2. The van der Waals surface area contributed by atoms with Crippen LogP contribution in [-0.4, -0.2) is 33.6 Å². The van der Waals surface area contributed by atoms with Crippen molar-refractivity contribution in [1.82, 2.24) is 0 Å². The zero-order valence-electron chi connectivity index (χ0n) is 16.8. The van der Waals surface area contributed by atoms with Gasteiger partial charge < -0.3 is 9.47 Å². The number of carbonyl (C=O) groups is 1. The average molecular weight is 438 g/mol. The fourth-order valence-corrected chi connectivity index (χ4v) is 4.70. The van der Waals surface area contributed by atoms with Crippen molar-refractivity contribution in [2.75, 3.05) is 17.5 Å². The number of fused-ring (bicyclic) bond motifs is 1. The monoisotopic (exact) mass is 437 g/mol. The number of esters is 1. The van der Waals surface area contributed by atoms with Crippen molar-refractivity contribution in [3.05, 3.63) is 53.1 Å². The summed E-state index contributed by atoms with van der Waals surface area (Å²) >= 11 is 6.09. The highest BCUT2D eigenvalue weighted by molar-refractivity contribution is 7.92. The molecular formula is C21H24ClNO5S. The predicted molar refractivity (Wildman–Crippen MR) is 112 cm³/mol. The molecule has 156 valence electrons. The van der Waals surface area contributed by atoms with Crippen LogP contribution in [0.5, 0.6) is 5.75 Å². The Morgan fingerprint density at radius 3 is 2.45 bits per heavy atom. The zero-order valence-corrected chi connectivity index (χ0v) is 18.4. The van der Waals surface area contributed by atoms with E-state index >= 15 is 0 Å². The Hall–Kier alpha value is -2.25. The summed E-state index contributed by atoms with van der Waals surface area (Å²) in [5, 5.41) is 0.366. The van der Waals surface area contributed by atoms with E-state index in [4.69, 9.17) is 21.1 Å². The van der Waals surface area contributed by atoms with Crippen LogP contribution in [0.25, 0.3) is 0 Å². The van der Waals surface area contributed by atoms with Crippen LogP contribution in [0.1, 0.15) is 33.3 Å². The molecule has 0 N–H and O–H groups in total. The Kier molecular flexibility index (Phi) is 5.83. The lowest BCUT2D eigenvalue weighted by Gasteiger charge is -2.34. The van der Waals surface area contributed by atoms with Gasteiger partial charge in [0.15, 0.2) is 0 Å². The lowest BCUT2D eigenvalue weighted by molar-refractivity contribution is -0.151. The van der Waals surface area contributed by atoms with Crippen molar-refractivity contribution in [2.24, 2.45) is 0 Å². The molecule has 0 saturated carbocycles. The average Bonchev–Trinajstić information content (AvgIpc) is 2.66. The fourth-order valence-electron chi connectivity index (χ4n) is 3.06. The molecule has 3 rings (SSSR count). The summed E-state index contributed by atoms with van der Waals surface area (Å²) < 4.78 is 38.7. The highest BCUT2D eigenvalue weighted by Crippen LogP contribution is 2.39. The lowest BCUT2D eigenvalue weighted by Crippen LogP contribution is -2.47. The molecule has 0 aliphatic carbocycles. The first kappa shape index (κ1) is 21.5. The lowest BCUT2D eigenvalue weighted by atomic mass is 9.87. The van der Waals surface area contributed by atoms with Crippen LogP contribution in [0, 0.1) is 0 Å². The third-order valence-corrected chi connectivity index (χ3v) is 6.68. The molecule has 8 heteroatoms. The molecule has 1 heterocycles. The van der Waals surface area contributed by atoms with Crippen LogP contribution in [0.15, 0.2) is 47.4 Å². The van der Waals surface area contributed by atoms with Crippen LogP contribution in [0.3, 0.4) is 0 Å². The van der Waals surface area contributed by atoms with Gasteiger partial charge in [-0.2, -0.15) is 0 Å². The minimum absolute atomic E-state index is 0.101. The highest BCUT2D eigenvalue weighted by Gasteiger charge is 2.38. The first-order valence-corrected chi connectivity index (χ1v) is 11.1. The van der Waals surface area contributed by atoms with Gasteiger partial charge in [0.2, 0.25) is 6.10 Å². The van der Waals surface area contributed by atoms with Gasteiger partial charge in [-0.15, -0.1) is 0 Å². The fraction of sp³-hybridized carbons (Fsp3) is 0.381. The van der Waals surface area contributed by atoms with Crippen molar-refractivity contribution < 1.29 is 22.7 Å². The first-order valence-electron chi connectivity index (χ1n) is 9.30. The number of nitrogens with zero attached hydrogens (tertiary/aromatic N) is 1. The van der Waals surface area contributed by atoms with Gasteiger partial charge in [-0.25, -0.2) is 13.2 Å². The van der Waals surface area contributed by atoms with Gasteiger partial charge >= 0.3 is 5.97 Å². The molecule has 0 radical (unpaired) electrons. The van der Waals surface area contributed by atoms with Gasteiger partial charge in [-0.05, 0) is 48.2 Å². The number of benzene rings is 2. The predicted octanol–water partition coefficient (Wildman–Crippen LogP) is 4.16. The van der Waals surface area contributed by atoms with Crippen molar-refractivity contribution in [3.8, 4) is 5.75 Å². The molecule has 0 bridgehead atoms. The van der Waals surface area contributed by atoms with Gasteiger partial charge in [-0.1, -0.05) is 44.5 Å². The van der Waals surface area contributed by atoms with E-state index in [2.05, 4.69) is 20.8 Å². The van der Waals surface area contributed by atoms with E-state index in [1.807, 2.05) is 0 Å². The van der Waals surface area contributed by atoms with E-state index in [0.29, 0.717) is 5.02 Å². The van der Waals surface area contributed by atoms with Crippen molar-refractivity contribution in [1.29, 1.82) is 0 Å². The molecule has 6 nitrogen and oxygen atoms in total. The number of hydrogen-bond donors (Lipinski definition) is 0. The molecule has 1 aliphatic rings. The smallest absolute Gasteiger partial charge is 0.349 e. The Bertz CT molecular complexity index is 1010. The number of sulfonamides is 1. The second-order valence-corrected chi connectivity index (χ2v) is 10.1. The number of carbonyl (C=O) groups excluding carboxylic acids is 1. The maximum atomic E-state index is 13.4. The van der Waals surface area contributed by atoms with Gasteiger partial charge in [0.05, 0.1) is 23.7 Å². The Balaban J connectivity index is 2.04. The minimum atomic E-state index is -3.95. The van der Waals surface area contributed by atoms with Gasteiger partial charge in [0.25, 0.3) is 10.0 Å². The maximum Gasteiger partial charge on any atom is 0.349 e. The third-order valence-electron chi connectivity index (χ3n) is 4.65. The Labute approximate surface area is 176 Å². The molecule has 1 unspecified atom stereocenters. The Morgan fingerprint density at radius 2 is 1.86 bits per heavy atom. The molecule has 29 heavy (non-hydrogen) atoms. The second-order valence-electron chi connectivity index (χ2n) is 7.78. The normalized spacial score (nSPS) is 16.7. The van der Waals surface area contributed by atoms with E-state index in [1.165, 1.54) is 6.07 Å². The SMILES string of the molecule is CCOC(=O)C1CN(S(=O)(=O)c2ccc(C(C)(C)C)cc2)c2cc(Cl)ccc2O1. The van der Waals surface area contributed by atoms with E-state index < -0.39 is 22.1 Å². The quantitative estimate of drug-likeness (QED) is 0.671. The molecule has 0 saturated heterocycles. The largest absolute Gasteiger partial charge is 0.475 e. The number of anilines is 1. The first-order chi connectivity index (χ1) is 13.5. The molecule has 2 aromatic rings. The van der Waals surface area contributed by atoms with E-state index in [0.717, 1.165) is 9.87 Å². The Morgan fingerprint density at radius 1 is 1.21 bits per heavy atom. The highest BCUT2D eigenvalue weighted by atomic mass is 35.5. The standard InChI is InChI=1S/C21H24ClNO5S/c1-5-27-20(24)19-13-23(17-12-15(22)8-11-18(17)28-19)29(25,26)16-9-6-14(7-10-16)21(2,3)4/h6-12,19H,5,13H2,1-4H3. The number of hydrogen-bond acceptors (Lipinski definition) is 5. The molecule has 1 aliphatic heterocycles. The summed E-state index contributed by atoms with van der Waals surface area (Å²) in [5.74, 6) is -0.357. The maximum absolute atomic E-state index is 13.4. The number of halogens is 1. The van der Waals surface area contributed by atoms with Gasteiger partial charge in [-0.3, -0.25) is 4.31 Å². The summed E-state index contributed by atoms with van der Waals surface area (Å²) in [7, 11) is -3.95. The van der Waals surface area contributed by atoms with Gasteiger partial charge in [0.1, 0.15) is 5.75 Å². The molecule has 2 aromatic carbocycles. The van der Waals surface area contributed by atoms with Crippen LogP contribution in [0.4, 0.5) is 5.69 Å². The van der Waals surface area contributed by atoms with Gasteiger partial charge in [0, 0.05) is 5.02 Å². The summed E-state index contributed by atoms with van der Waals surface area (Å²) in [6.07, 6.45) is -1.06. The number of rotatable bonds is 4. The topological polar surface area (TPSA) is 72.9 Å². The van der Waals surface area contributed by atoms with Crippen LogP contribution >= 0.6 is 11.6 Å². The molecule has 1 atom stereocenters. The summed E-state index contributed by atoms with van der Waals surface area (Å²) in [6.45, 7) is 7.82. The van der Waals surface area contributed by atoms with E-state index in [1.54, 1.807) is 43.3 Å². The molecular weight excluding hydrogens is 414 g/mol. The van der Waals surface area contributed by atoms with E-state index in [-0.39, 0.29) is 34.9 Å². The molecule has 0 aromatic heterocycles. The molecule has 0 spiro atoms. The van der Waals surface area contributed by atoms with E-state index in [9.17, 15) is 13.2 Å². The second kappa shape index (κ2) is 7.88. The zero-order chi connectivity index (χ0) is 21.4. The summed E-state index contributed by atoms with van der Waals surface area (Å²) in [4.78, 5) is 12.4. The van der Waals surface area contributed by atoms with Crippen molar-refractivity contribution in [3.63, 3.8) is 0 Å². The minimum Gasteiger partial charge on any atom is -0.475 e. The van der Waals surface area contributed by atoms with Crippen LogP contribution in [0.2, 0.25) is 5.02 Å². The van der Waals surface area contributed by atoms with Crippen LogP contribution < -0.4 is 9.04 Å². The summed E-state index contributed by atoms with van der Waals surface area (Å²) in [5.41, 5.74) is 1.21. The van der Waals surface area contributed by atoms with Crippen molar-refractivity contribution in [2.45, 2.75) is 44.1 Å². The van der Waals surface area contributed by atoms with Crippen LogP contribution in [-0.2, 0) is 25.0 Å². The van der Waals surface area contributed by atoms with Crippen molar-refractivity contribution >= 4 is 33.3 Å².